The summed E-state index contributed by atoms with van der Waals surface area (Å²) in [6, 6.07) is 7.34. The van der Waals surface area contributed by atoms with E-state index in [1.54, 1.807) is 18.2 Å². The van der Waals surface area contributed by atoms with Gasteiger partial charge in [0.1, 0.15) is 5.75 Å². The van der Waals surface area contributed by atoms with Crippen molar-refractivity contribution in [2.45, 2.75) is 31.7 Å². The van der Waals surface area contributed by atoms with E-state index in [2.05, 4.69) is 32.9 Å². The fraction of sp³-hybridized carbons (Fsp3) is 0.476. The first-order chi connectivity index (χ1) is 13.6. The van der Waals surface area contributed by atoms with Crippen molar-refractivity contribution in [2.24, 2.45) is 22.9 Å². The third kappa shape index (κ3) is 4.19. The number of aromatic hydroxyl groups is 1. The molecule has 148 valence electrons. The number of benzene rings is 1. The number of amides is 1. The molecule has 1 saturated carbocycles. The van der Waals surface area contributed by atoms with Crippen molar-refractivity contribution in [3.8, 4) is 5.75 Å². The molecule has 28 heavy (non-hydrogen) atoms. The van der Waals surface area contributed by atoms with Crippen molar-refractivity contribution in [1.29, 1.82) is 0 Å². The Morgan fingerprint density at radius 1 is 1.21 bits per heavy atom. The molecule has 1 aromatic rings. The van der Waals surface area contributed by atoms with E-state index in [0.717, 1.165) is 37.0 Å². The Kier molecular flexibility index (Phi) is 5.62. The molecule has 4 rings (SSSR count). The molecule has 3 N–H and O–H groups in total. The van der Waals surface area contributed by atoms with Crippen LogP contribution in [-0.2, 0) is 4.79 Å². The van der Waals surface area contributed by atoms with Gasteiger partial charge in [-0.15, -0.1) is 0 Å². The highest BCUT2D eigenvalue weighted by Crippen LogP contribution is 2.39. The third-order valence-corrected chi connectivity index (χ3v) is 6.43. The molecule has 1 heterocycles. The van der Waals surface area contributed by atoms with E-state index >= 15 is 0 Å². The van der Waals surface area contributed by atoms with Gasteiger partial charge in [0.25, 0.3) is 0 Å². The summed E-state index contributed by atoms with van der Waals surface area (Å²) in [5, 5.41) is 18.1. The molecular formula is C21H26N4O2S. The highest BCUT2D eigenvalue weighted by molar-refractivity contribution is 7.80. The zero-order chi connectivity index (χ0) is 19.5. The van der Waals surface area contributed by atoms with E-state index in [-0.39, 0.29) is 17.6 Å². The topological polar surface area (TPSA) is 77.0 Å². The van der Waals surface area contributed by atoms with Crippen molar-refractivity contribution in [2.75, 3.05) is 13.1 Å². The number of piperidine rings is 1. The minimum atomic E-state index is -0.0801. The summed E-state index contributed by atoms with van der Waals surface area (Å²) in [6.45, 7) is 1.56. The van der Waals surface area contributed by atoms with Gasteiger partial charge in [-0.05, 0) is 61.9 Å². The monoisotopic (exact) mass is 398 g/mol. The van der Waals surface area contributed by atoms with Gasteiger partial charge in [0.05, 0.1) is 6.21 Å². The molecule has 2 fully saturated rings. The molecule has 1 amide bonds. The molecule has 2 aliphatic carbocycles. The number of hydrogen-bond donors (Lipinski definition) is 3. The van der Waals surface area contributed by atoms with Gasteiger partial charge < -0.3 is 15.3 Å². The Morgan fingerprint density at radius 2 is 2.00 bits per heavy atom. The summed E-state index contributed by atoms with van der Waals surface area (Å²) in [5.41, 5.74) is 3.17. The van der Waals surface area contributed by atoms with E-state index in [1.807, 2.05) is 6.07 Å². The number of carbonyl (C=O) groups excluding carboxylic acids is 1. The highest BCUT2D eigenvalue weighted by atomic mass is 32.1. The highest BCUT2D eigenvalue weighted by Gasteiger charge is 2.36. The van der Waals surface area contributed by atoms with Gasteiger partial charge in [-0.2, -0.15) is 5.10 Å². The molecule has 0 aromatic heterocycles. The molecule has 0 unspecified atom stereocenters. The maximum absolute atomic E-state index is 12.4. The van der Waals surface area contributed by atoms with Gasteiger partial charge in [-0.3, -0.25) is 4.79 Å². The minimum absolute atomic E-state index is 0.0639. The van der Waals surface area contributed by atoms with Crippen LogP contribution in [0.15, 0.2) is 41.5 Å². The first kappa shape index (κ1) is 18.9. The number of hydrogen-bond acceptors (Lipinski definition) is 4. The lowest BCUT2D eigenvalue weighted by molar-refractivity contribution is -0.126. The number of phenolic OH excluding ortho intramolecular Hbond substituents is 1. The lowest BCUT2D eigenvalue weighted by atomic mass is 9.96. The Balaban J connectivity index is 1.21. The lowest BCUT2D eigenvalue weighted by Crippen LogP contribution is -2.49. The Hall–Kier alpha value is -2.41. The summed E-state index contributed by atoms with van der Waals surface area (Å²) in [7, 11) is 0. The van der Waals surface area contributed by atoms with Crippen molar-refractivity contribution in [3.63, 3.8) is 0 Å². The zero-order valence-corrected chi connectivity index (χ0v) is 16.6. The predicted molar refractivity (Wildman–Crippen MR) is 113 cm³/mol. The molecule has 1 aliphatic heterocycles. The Morgan fingerprint density at radius 3 is 2.68 bits per heavy atom. The molecule has 0 spiro atoms. The number of hydrazone groups is 1. The Bertz CT molecular complexity index is 801. The van der Waals surface area contributed by atoms with Crippen LogP contribution in [0.3, 0.4) is 0 Å². The van der Waals surface area contributed by atoms with E-state index in [1.165, 1.54) is 19.1 Å². The van der Waals surface area contributed by atoms with Crippen LogP contribution >= 0.6 is 12.2 Å². The molecule has 6 nitrogen and oxygen atoms in total. The molecule has 7 heteroatoms. The molecule has 2 bridgehead atoms. The maximum atomic E-state index is 12.4. The molecule has 3 aliphatic rings. The number of likely N-dealkylation sites (tertiary alicyclic amines) is 1. The molecular weight excluding hydrogens is 372 g/mol. The average molecular weight is 399 g/mol. The van der Waals surface area contributed by atoms with Gasteiger partial charge >= 0.3 is 0 Å². The van der Waals surface area contributed by atoms with Crippen molar-refractivity contribution >= 4 is 29.5 Å². The SMILES string of the molecule is O=C(N/N=C\c1ccccc1O)C1CCN(C(=S)N[C@H]2C[C@H]3C=C[C@H]2C3)CC1. The number of phenols is 1. The van der Waals surface area contributed by atoms with Crippen molar-refractivity contribution < 1.29 is 9.90 Å². The van der Waals surface area contributed by atoms with Crippen LogP contribution in [0.5, 0.6) is 5.75 Å². The fourth-order valence-electron chi connectivity index (χ4n) is 4.39. The summed E-state index contributed by atoms with van der Waals surface area (Å²) in [5.74, 6) is 1.33. The fourth-order valence-corrected chi connectivity index (χ4v) is 4.73. The molecule has 0 radical (unpaired) electrons. The zero-order valence-electron chi connectivity index (χ0n) is 15.8. The first-order valence-electron chi connectivity index (χ1n) is 9.95. The van der Waals surface area contributed by atoms with Crippen LogP contribution in [0.4, 0.5) is 0 Å². The molecule has 1 aromatic carbocycles. The average Bonchev–Trinajstić information content (AvgIpc) is 3.32. The van der Waals surface area contributed by atoms with Crippen LogP contribution in [0.25, 0.3) is 0 Å². The summed E-state index contributed by atoms with van der Waals surface area (Å²) in [4.78, 5) is 14.5. The molecule has 1 saturated heterocycles. The lowest BCUT2D eigenvalue weighted by Gasteiger charge is -2.35. The number of thiocarbonyl (C=S) groups is 1. The number of nitrogens with one attached hydrogen (secondary N) is 2. The standard InChI is InChI=1S/C21H26N4O2S/c26-19-4-2-1-3-17(19)13-22-24-20(27)15-7-9-25(10-8-15)21(28)23-18-12-14-5-6-16(18)11-14/h1-6,13-16,18,26H,7-12H2,(H,23,28)(H,24,27)/b22-13-/t14-,16-,18-/m0/s1. The number of nitrogens with zero attached hydrogens (tertiary/aromatic N) is 2. The number of allylic oxidation sites excluding steroid dienone is 1. The molecule has 3 atom stereocenters. The predicted octanol–water partition coefficient (Wildman–Crippen LogP) is 2.39. The van der Waals surface area contributed by atoms with Gasteiger partial charge in [-0.1, -0.05) is 24.3 Å². The normalized spacial score (nSPS) is 26.7. The van der Waals surface area contributed by atoms with Gasteiger partial charge in [-0.25, -0.2) is 5.43 Å². The number of rotatable bonds is 4. The second kappa shape index (κ2) is 8.31. The quantitative estimate of drug-likeness (QED) is 0.314. The second-order valence-corrected chi connectivity index (χ2v) is 8.28. The second-order valence-electron chi connectivity index (χ2n) is 7.89. The van der Waals surface area contributed by atoms with Crippen LogP contribution in [0.1, 0.15) is 31.2 Å². The summed E-state index contributed by atoms with van der Waals surface area (Å²) in [6.07, 6.45) is 10.1. The van der Waals surface area contributed by atoms with Crippen molar-refractivity contribution in [3.05, 3.63) is 42.0 Å². The van der Waals surface area contributed by atoms with Crippen molar-refractivity contribution in [1.82, 2.24) is 15.6 Å². The van der Waals surface area contributed by atoms with Crippen LogP contribution in [0, 0.1) is 17.8 Å². The Labute approximate surface area is 170 Å². The minimum Gasteiger partial charge on any atom is -0.507 e. The van der Waals surface area contributed by atoms with E-state index < -0.39 is 0 Å². The van der Waals surface area contributed by atoms with E-state index in [4.69, 9.17) is 12.2 Å². The first-order valence-corrected chi connectivity index (χ1v) is 10.4. The van der Waals surface area contributed by atoms with Crippen LogP contribution in [0.2, 0.25) is 0 Å². The van der Waals surface area contributed by atoms with Crippen LogP contribution in [-0.4, -0.2) is 46.4 Å². The number of para-hydroxylation sites is 1. The van der Waals surface area contributed by atoms with E-state index in [0.29, 0.717) is 17.5 Å². The van der Waals surface area contributed by atoms with Gasteiger partial charge in [0.2, 0.25) is 5.91 Å². The smallest absolute Gasteiger partial charge is 0.243 e. The summed E-state index contributed by atoms with van der Waals surface area (Å²) < 4.78 is 0. The third-order valence-electron chi connectivity index (χ3n) is 6.06. The number of fused-ring (bicyclic) bond motifs is 2. The van der Waals surface area contributed by atoms with Crippen LogP contribution < -0.4 is 10.7 Å². The van der Waals surface area contributed by atoms with Gasteiger partial charge in [0.15, 0.2) is 5.11 Å². The largest absolute Gasteiger partial charge is 0.507 e. The maximum Gasteiger partial charge on any atom is 0.243 e. The number of carbonyl (C=O) groups is 1. The summed E-state index contributed by atoms with van der Waals surface area (Å²) >= 11 is 5.61. The van der Waals surface area contributed by atoms with E-state index in [9.17, 15) is 9.90 Å². The van der Waals surface area contributed by atoms with Gasteiger partial charge in [0, 0.05) is 30.6 Å².